The Bertz CT molecular complexity index is 1080. The standard InChI is InChI=1S/C17H11F3N4O2/c18-17(19,20)16-23-10-6-5-9(7-12(10)24-16)15(25)21-8-14-22-11-3-1-2-4-13(11)26-14/h1-7H,8H2,(H,21,25)(H,23,24). The molecule has 0 atom stereocenters. The fraction of sp³-hybridized carbons (Fsp3) is 0.118. The summed E-state index contributed by atoms with van der Waals surface area (Å²) in [6.07, 6.45) is -4.57. The second kappa shape index (κ2) is 5.87. The molecule has 2 aromatic carbocycles. The highest BCUT2D eigenvalue weighted by Crippen LogP contribution is 2.28. The molecular formula is C17H11F3N4O2. The largest absolute Gasteiger partial charge is 0.449 e. The zero-order chi connectivity index (χ0) is 18.3. The van der Waals surface area contributed by atoms with Crippen molar-refractivity contribution >= 4 is 28.0 Å². The summed E-state index contributed by atoms with van der Waals surface area (Å²) in [5, 5.41) is 2.63. The number of benzene rings is 2. The van der Waals surface area contributed by atoms with E-state index >= 15 is 0 Å². The van der Waals surface area contributed by atoms with Gasteiger partial charge < -0.3 is 14.7 Å². The summed E-state index contributed by atoms with van der Waals surface area (Å²) in [5.74, 6) is -1.23. The highest BCUT2D eigenvalue weighted by molar-refractivity contribution is 5.97. The van der Waals surface area contributed by atoms with Gasteiger partial charge in [0.05, 0.1) is 17.6 Å². The number of hydrogen-bond acceptors (Lipinski definition) is 4. The van der Waals surface area contributed by atoms with E-state index in [0.29, 0.717) is 17.0 Å². The summed E-state index contributed by atoms with van der Waals surface area (Å²) in [6.45, 7) is 0.0579. The van der Waals surface area contributed by atoms with Crippen LogP contribution < -0.4 is 5.32 Å². The Kier molecular flexibility index (Phi) is 3.64. The van der Waals surface area contributed by atoms with Gasteiger partial charge >= 0.3 is 6.18 Å². The van der Waals surface area contributed by atoms with Crippen LogP contribution in [0.4, 0.5) is 13.2 Å². The van der Waals surface area contributed by atoms with E-state index in [0.717, 1.165) is 0 Å². The quantitative estimate of drug-likeness (QED) is 0.584. The first-order valence-corrected chi connectivity index (χ1v) is 7.60. The molecule has 4 rings (SSSR count). The normalized spacial score (nSPS) is 12.0. The van der Waals surface area contributed by atoms with Crippen molar-refractivity contribution in [2.24, 2.45) is 0 Å². The molecule has 0 aliphatic carbocycles. The first-order valence-electron chi connectivity index (χ1n) is 7.60. The van der Waals surface area contributed by atoms with E-state index in [2.05, 4.69) is 20.3 Å². The molecule has 26 heavy (non-hydrogen) atoms. The maximum absolute atomic E-state index is 12.7. The van der Waals surface area contributed by atoms with Crippen LogP contribution in [0.1, 0.15) is 22.1 Å². The molecule has 2 aromatic heterocycles. The number of rotatable bonds is 3. The van der Waals surface area contributed by atoms with Gasteiger partial charge in [0.2, 0.25) is 11.7 Å². The third-order valence-corrected chi connectivity index (χ3v) is 3.75. The monoisotopic (exact) mass is 360 g/mol. The predicted octanol–water partition coefficient (Wildman–Crippen LogP) is 3.65. The van der Waals surface area contributed by atoms with Crippen LogP contribution in [0.25, 0.3) is 22.1 Å². The van der Waals surface area contributed by atoms with Crippen molar-refractivity contribution in [3.05, 3.63) is 59.7 Å². The summed E-state index contributed by atoms with van der Waals surface area (Å²) in [6, 6.07) is 11.3. The van der Waals surface area contributed by atoms with Gasteiger partial charge in [-0.25, -0.2) is 9.97 Å². The lowest BCUT2D eigenvalue weighted by atomic mass is 10.2. The van der Waals surface area contributed by atoms with Crippen molar-refractivity contribution in [2.45, 2.75) is 12.7 Å². The van der Waals surface area contributed by atoms with Crippen molar-refractivity contribution < 1.29 is 22.4 Å². The molecule has 9 heteroatoms. The maximum Gasteiger partial charge on any atom is 0.449 e. The minimum atomic E-state index is -4.57. The van der Waals surface area contributed by atoms with Crippen LogP contribution in [0.3, 0.4) is 0 Å². The van der Waals surface area contributed by atoms with E-state index in [1.54, 1.807) is 12.1 Å². The van der Waals surface area contributed by atoms with Gasteiger partial charge in [0.15, 0.2) is 5.58 Å². The fourth-order valence-electron chi connectivity index (χ4n) is 2.54. The second-order valence-corrected chi connectivity index (χ2v) is 5.57. The van der Waals surface area contributed by atoms with Crippen LogP contribution in [0.15, 0.2) is 46.9 Å². The Morgan fingerprint density at radius 2 is 1.92 bits per heavy atom. The van der Waals surface area contributed by atoms with Gasteiger partial charge in [0.1, 0.15) is 5.52 Å². The molecule has 2 N–H and O–H groups in total. The smallest absolute Gasteiger partial charge is 0.439 e. The summed E-state index contributed by atoms with van der Waals surface area (Å²) in [7, 11) is 0. The topological polar surface area (TPSA) is 83.8 Å². The van der Waals surface area contributed by atoms with Crippen LogP contribution in [-0.2, 0) is 12.7 Å². The minimum absolute atomic E-state index is 0.0579. The van der Waals surface area contributed by atoms with Gasteiger partial charge in [0.25, 0.3) is 5.91 Å². The third kappa shape index (κ3) is 2.99. The molecule has 0 saturated heterocycles. The van der Waals surface area contributed by atoms with Crippen molar-refractivity contribution in [2.75, 3.05) is 0 Å². The van der Waals surface area contributed by atoms with Crippen LogP contribution in [0.5, 0.6) is 0 Å². The minimum Gasteiger partial charge on any atom is -0.439 e. The second-order valence-electron chi connectivity index (χ2n) is 5.57. The highest BCUT2D eigenvalue weighted by Gasteiger charge is 2.34. The number of hydrogen-bond donors (Lipinski definition) is 2. The molecule has 132 valence electrons. The molecule has 1 amide bonds. The van der Waals surface area contributed by atoms with E-state index in [1.807, 2.05) is 12.1 Å². The average molecular weight is 360 g/mol. The Balaban J connectivity index is 1.52. The summed E-state index contributed by atoms with van der Waals surface area (Å²) in [4.78, 5) is 22.1. The number of fused-ring (bicyclic) bond motifs is 2. The number of carbonyl (C=O) groups excluding carboxylic acids is 1. The van der Waals surface area contributed by atoms with E-state index < -0.39 is 17.9 Å². The molecule has 0 aliphatic heterocycles. The first kappa shape index (κ1) is 16.1. The number of carbonyl (C=O) groups is 1. The number of imidazole rings is 1. The number of alkyl halides is 3. The van der Waals surface area contributed by atoms with Gasteiger partial charge in [-0.3, -0.25) is 4.79 Å². The zero-order valence-corrected chi connectivity index (χ0v) is 13.1. The summed E-state index contributed by atoms with van der Waals surface area (Å²) >= 11 is 0. The van der Waals surface area contributed by atoms with Crippen molar-refractivity contribution in [1.29, 1.82) is 0 Å². The van der Waals surface area contributed by atoms with Crippen molar-refractivity contribution in [1.82, 2.24) is 20.3 Å². The Morgan fingerprint density at radius 3 is 2.69 bits per heavy atom. The maximum atomic E-state index is 12.7. The third-order valence-electron chi connectivity index (χ3n) is 3.75. The molecule has 0 spiro atoms. The van der Waals surface area contributed by atoms with Gasteiger partial charge in [-0.15, -0.1) is 0 Å². The number of nitrogens with one attached hydrogen (secondary N) is 2. The van der Waals surface area contributed by atoms with Crippen LogP contribution in [-0.4, -0.2) is 20.9 Å². The fourth-order valence-corrected chi connectivity index (χ4v) is 2.54. The molecule has 2 heterocycles. The number of aromatic nitrogens is 3. The predicted molar refractivity (Wildman–Crippen MR) is 86.3 cm³/mol. The van der Waals surface area contributed by atoms with Gasteiger partial charge in [-0.2, -0.15) is 13.2 Å². The molecular weight excluding hydrogens is 349 g/mol. The molecule has 0 fully saturated rings. The van der Waals surface area contributed by atoms with E-state index in [9.17, 15) is 18.0 Å². The van der Waals surface area contributed by atoms with E-state index in [1.165, 1.54) is 18.2 Å². The lowest BCUT2D eigenvalue weighted by Gasteiger charge is -2.02. The number of oxazole rings is 1. The molecule has 4 aromatic rings. The SMILES string of the molecule is O=C(NCc1nc2ccccc2o1)c1ccc2nc(C(F)(F)F)[nH]c2c1. The molecule has 0 bridgehead atoms. The Morgan fingerprint density at radius 1 is 1.12 bits per heavy atom. The number of aromatic amines is 1. The van der Waals surface area contributed by atoms with Crippen LogP contribution in [0, 0.1) is 0 Å². The molecule has 0 unspecified atom stereocenters. The lowest BCUT2D eigenvalue weighted by molar-refractivity contribution is -0.144. The van der Waals surface area contributed by atoms with E-state index in [4.69, 9.17) is 4.42 Å². The molecule has 0 saturated carbocycles. The van der Waals surface area contributed by atoms with Gasteiger partial charge in [-0.1, -0.05) is 12.1 Å². The number of amides is 1. The number of para-hydroxylation sites is 2. The summed E-state index contributed by atoms with van der Waals surface area (Å²) < 4.78 is 43.6. The van der Waals surface area contributed by atoms with Crippen LogP contribution >= 0.6 is 0 Å². The zero-order valence-electron chi connectivity index (χ0n) is 13.1. The Labute approximate surface area is 144 Å². The van der Waals surface area contributed by atoms with E-state index in [-0.39, 0.29) is 23.1 Å². The first-order chi connectivity index (χ1) is 12.4. The number of halogens is 3. The summed E-state index contributed by atoms with van der Waals surface area (Å²) in [5.41, 5.74) is 1.75. The van der Waals surface area contributed by atoms with Crippen LogP contribution in [0.2, 0.25) is 0 Å². The average Bonchev–Trinajstić information content (AvgIpc) is 3.22. The van der Waals surface area contributed by atoms with Gasteiger partial charge in [-0.05, 0) is 30.3 Å². The highest BCUT2D eigenvalue weighted by atomic mass is 19.4. The number of nitrogens with zero attached hydrogens (tertiary/aromatic N) is 2. The molecule has 6 nitrogen and oxygen atoms in total. The Hall–Kier alpha value is -3.36. The molecule has 0 aliphatic rings. The van der Waals surface area contributed by atoms with Crippen molar-refractivity contribution in [3.8, 4) is 0 Å². The number of H-pyrrole nitrogens is 1. The lowest BCUT2D eigenvalue weighted by Crippen LogP contribution is -2.22. The molecule has 0 radical (unpaired) electrons. The van der Waals surface area contributed by atoms with Crippen molar-refractivity contribution in [3.63, 3.8) is 0 Å². The van der Waals surface area contributed by atoms with Gasteiger partial charge in [0, 0.05) is 5.56 Å².